The van der Waals surface area contributed by atoms with E-state index >= 15 is 0 Å². The predicted molar refractivity (Wildman–Crippen MR) is 79.5 cm³/mol. The summed E-state index contributed by atoms with van der Waals surface area (Å²) in [7, 11) is 0. The fraction of sp³-hybridized carbons (Fsp3) is 0.467. The fourth-order valence-corrected chi connectivity index (χ4v) is 2.82. The van der Waals surface area contributed by atoms with Crippen LogP contribution in [-0.4, -0.2) is 21.9 Å². The molecule has 1 aromatic rings. The molecule has 1 saturated carbocycles. The second-order valence-electron chi connectivity index (χ2n) is 5.58. The molecule has 0 aliphatic heterocycles. The Morgan fingerprint density at radius 1 is 1.27 bits per heavy atom. The van der Waals surface area contributed by atoms with Gasteiger partial charge in [-0.2, -0.15) is 0 Å². The Kier molecular flexibility index (Phi) is 4.75. The standard InChI is InChI=1S/C15H18N2O5/c1-9-6-7-10(17(21)22)8-13(9)16-14(18)11-4-2-3-5-12(11)15(19)20/h6-8,11-12H,2-5H2,1H3,(H,16,18)(H,19,20)/t11-,12-/m0/s1. The number of aryl methyl sites for hydroxylation is 1. The molecule has 0 unspecified atom stereocenters. The van der Waals surface area contributed by atoms with Gasteiger partial charge < -0.3 is 10.4 Å². The number of benzene rings is 1. The molecule has 0 spiro atoms. The lowest BCUT2D eigenvalue weighted by Gasteiger charge is -2.27. The summed E-state index contributed by atoms with van der Waals surface area (Å²) >= 11 is 0. The van der Waals surface area contributed by atoms with E-state index in [0.29, 0.717) is 24.1 Å². The van der Waals surface area contributed by atoms with Crippen molar-refractivity contribution in [2.45, 2.75) is 32.6 Å². The van der Waals surface area contributed by atoms with E-state index < -0.39 is 22.7 Å². The molecule has 2 atom stereocenters. The summed E-state index contributed by atoms with van der Waals surface area (Å²) in [5, 5.41) is 22.7. The lowest BCUT2D eigenvalue weighted by molar-refractivity contribution is -0.384. The number of hydrogen-bond acceptors (Lipinski definition) is 4. The maximum absolute atomic E-state index is 12.4. The van der Waals surface area contributed by atoms with Gasteiger partial charge in [0.25, 0.3) is 5.69 Å². The summed E-state index contributed by atoms with van der Waals surface area (Å²) in [5.41, 5.74) is 0.940. The van der Waals surface area contributed by atoms with E-state index in [0.717, 1.165) is 12.8 Å². The molecule has 0 bridgehead atoms. The topological polar surface area (TPSA) is 110 Å². The molecule has 0 radical (unpaired) electrons. The summed E-state index contributed by atoms with van der Waals surface area (Å²) in [6, 6.07) is 4.22. The average Bonchev–Trinajstić information content (AvgIpc) is 2.49. The number of nitro groups is 1. The molecule has 0 aromatic heterocycles. The first kappa shape index (κ1) is 15.9. The van der Waals surface area contributed by atoms with Crippen LogP contribution < -0.4 is 5.32 Å². The number of hydrogen-bond donors (Lipinski definition) is 2. The van der Waals surface area contributed by atoms with Crippen LogP contribution in [0.15, 0.2) is 18.2 Å². The van der Waals surface area contributed by atoms with Gasteiger partial charge in [-0.25, -0.2) is 0 Å². The minimum atomic E-state index is -0.962. The van der Waals surface area contributed by atoms with Gasteiger partial charge in [0.1, 0.15) is 0 Å². The Bertz CT molecular complexity index is 614. The van der Waals surface area contributed by atoms with Crippen molar-refractivity contribution in [3.05, 3.63) is 33.9 Å². The first-order valence-corrected chi connectivity index (χ1v) is 7.19. The molecule has 1 aliphatic carbocycles. The van der Waals surface area contributed by atoms with Crippen molar-refractivity contribution in [3.8, 4) is 0 Å². The first-order chi connectivity index (χ1) is 10.4. The first-order valence-electron chi connectivity index (χ1n) is 7.19. The molecule has 1 fully saturated rings. The number of carbonyl (C=O) groups excluding carboxylic acids is 1. The minimum Gasteiger partial charge on any atom is -0.481 e. The summed E-state index contributed by atoms with van der Waals surface area (Å²) in [5.74, 6) is -2.62. The number of carboxylic acids is 1. The van der Waals surface area contributed by atoms with E-state index in [1.54, 1.807) is 13.0 Å². The average molecular weight is 306 g/mol. The maximum Gasteiger partial charge on any atom is 0.307 e. The van der Waals surface area contributed by atoms with Crippen LogP contribution in [0, 0.1) is 28.9 Å². The van der Waals surface area contributed by atoms with E-state index in [4.69, 9.17) is 0 Å². The van der Waals surface area contributed by atoms with E-state index in [1.165, 1.54) is 12.1 Å². The molecular weight excluding hydrogens is 288 g/mol. The van der Waals surface area contributed by atoms with Gasteiger partial charge in [-0.05, 0) is 25.3 Å². The van der Waals surface area contributed by atoms with E-state index in [2.05, 4.69) is 5.32 Å². The van der Waals surface area contributed by atoms with Crippen LogP contribution >= 0.6 is 0 Å². The summed E-state index contributed by atoms with van der Waals surface area (Å²) in [6.45, 7) is 1.73. The van der Waals surface area contributed by atoms with Crippen LogP contribution in [0.2, 0.25) is 0 Å². The third kappa shape index (κ3) is 3.41. The highest BCUT2D eigenvalue weighted by Gasteiger charge is 2.35. The highest BCUT2D eigenvalue weighted by Crippen LogP contribution is 2.32. The Hall–Kier alpha value is -2.44. The van der Waals surface area contributed by atoms with Crippen LogP contribution in [0.25, 0.3) is 0 Å². The van der Waals surface area contributed by atoms with Crippen LogP contribution in [0.3, 0.4) is 0 Å². The van der Waals surface area contributed by atoms with Crippen molar-refractivity contribution in [2.75, 3.05) is 5.32 Å². The number of anilines is 1. The summed E-state index contributed by atoms with van der Waals surface area (Å²) in [4.78, 5) is 33.9. The number of nitrogens with zero attached hydrogens (tertiary/aromatic N) is 1. The third-order valence-corrected chi connectivity index (χ3v) is 4.11. The number of rotatable bonds is 4. The largest absolute Gasteiger partial charge is 0.481 e. The number of nitrogens with one attached hydrogen (secondary N) is 1. The van der Waals surface area contributed by atoms with Gasteiger partial charge in [-0.1, -0.05) is 18.9 Å². The molecule has 0 heterocycles. The summed E-state index contributed by atoms with van der Waals surface area (Å²) < 4.78 is 0. The SMILES string of the molecule is Cc1ccc([N+](=O)[O-])cc1NC(=O)[C@H]1CCCC[C@@H]1C(=O)O. The molecule has 2 rings (SSSR count). The Labute approximate surface area is 127 Å². The van der Waals surface area contributed by atoms with Crippen LogP contribution in [0.4, 0.5) is 11.4 Å². The Morgan fingerprint density at radius 2 is 1.91 bits per heavy atom. The molecule has 7 nitrogen and oxygen atoms in total. The van der Waals surface area contributed by atoms with Crippen molar-refractivity contribution in [3.63, 3.8) is 0 Å². The molecule has 118 valence electrons. The quantitative estimate of drug-likeness (QED) is 0.656. The highest BCUT2D eigenvalue weighted by atomic mass is 16.6. The predicted octanol–water partition coefficient (Wildman–Crippen LogP) is 2.73. The molecule has 7 heteroatoms. The number of aliphatic carboxylic acids is 1. The zero-order chi connectivity index (χ0) is 16.3. The zero-order valence-electron chi connectivity index (χ0n) is 12.2. The highest BCUT2D eigenvalue weighted by molar-refractivity contribution is 5.96. The van der Waals surface area contributed by atoms with E-state index in [9.17, 15) is 24.8 Å². The normalized spacial score (nSPS) is 21.1. The van der Waals surface area contributed by atoms with Gasteiger partial charge in [0.05, 0.1) is 22.4 Å². The molecule has 1 aliphatic rings. The van der Waals surface area contributed by atoms with E-state index in [1.807, 2.05) is 0 Å². The number of amides is 1. The molecule has 1 amide bonds. The van der Waals surface area contributed by atoms with Crippen molar-refractivity contribution in [1.29, 1.82) is 0 Å². The second kappa shape index (κ2) is 6.55. The van der Waals surface area contributed by atoms with Crippen molar-refractivity contribution in [1.82, 2.24) is 0 Å². The number of carboxylic acid groups (broad SMARTS) is 1. The van der Waals surface area contributed by atoms with Gasteiger partial charge in [0.2, 0.25) is 5.91 Å². The smallest absolute Gasteiger partial charge is 0.307 e. The second-order valence-corrected chi connectivity index (χ2v) is 5.58. The monoisotopic (exact) mass is 306 g/mol. The lowest BCUT2D eigenvalue weighted by Crippen LogP contribution is -2.36. The van der Waals surface area contributed by atoms with Gasteiger partial charge >= 0.3 is 5.97 Å². The maximum atomic E-state index is 12.4. The van der Waals surface area contributed by atoms with Crippen molar-refractivity contribution in [2.24, 2.45) is 11.8 Å². The lowest BCUT2D eigenvalue weighted by atomic mass is 9.78. The molecular formula is C15H18N2O5. The van der Waals surface area contributed by atoms with Gasteiger partial charge in [0.15, 0.2) is 0 Å². The number of carbonyl (C=O) groups is 2. The Balaban J connectivity index is 2.19. The third-order valence-electron chi connectivity index (χ3n) is 4.11. The molecule has 0 saturated heterocycles. The van der Waals surface area contributed by atoms with Crippen molar-refractivity contribution < 1.29 is 19.6 Å². The van der Waals surface area contributed by atoms with Crippen molar-refractivity contribution >= 4 is 23.3 Å². The molecule has 2 N–H and O–H groups in total. The Morgan fingerprint density at radius 3 is 2.50 bits per heavy atom. The van der Waals surface area contributed by atoms with E-state index in [-0.39, 0.29) is 11.6 Å². The molecule has 22 heavy (non-hydrogen) atoms. The number of non-ortho nitro benzene ring substituents is 1. The van der Waals surface area contributed by atoms with Crippen LogP contribution in [0.5, 0.6) is 0 Å². The van der Waals surface area contributed by atoms with Gasteiger partial charge in [-0.3, -0.25) is 19.7 Å². The minimum absolute atomic E-state index is 0.112. The van der Waals surface area contributed by atoms with Crippen LogP contribution in [-0.2, 0) is 9.59 Å². The van der Waals surface area contributed by atoms with Gasteiger partial charge in [-0.15, -0.1) is 0 Å². The fourth-order valence-electron chi connectivity index (χ4n) is 2.82. The number of nitro benzene ring substituents is 1. The zero-order valence-corrected chi connectivity index (χ0v) is 12.2. The van der Waals surface area contributed by atoms with Gasteiger partial charge in [0, 0.05) is 12.1 Å². The molecule has 1 aromatic carbocycles. The summed E-state index contributed by atoms with van der Waals surface area (Å²) in [6.07, 6.45) is 2.63. The van der Waals surface area contributed by atoms with Crippen LogP contribution in [0.1, 0.15) is 31.2 Å².